The van der Waals surface area contributed by atoms with E-state index >= 15 is 0 Å². The van der Waals surface area contributed by atoms with E-state index in [1.165, 1.54) is 35.6 Å². The van der Waals surface area contributed by atoms with Gasteiger partial charge in [0.2, 0.25) is 0 Å². The molecule has 28 aromatic rings. The second kappa shape index (κ2) is 33.1. The molecule has 0 bridgehead atoms. The van der Waals surface area contributed by atoms with Crippen molar-refractivity contribution in [3.63, 3.8) is 0 Å². The minimum absolute atomic E-state index is 0.520. The van der Waals surface area contributed by atoms with E-state index in [2.05, 4.69) is 337 Å². The van der Waals surface area contributed by atoms with Crippen LogP contribution in [0.25, 0.3) is 274 Å². The van der Waals surface area contributed by atoms with Crippen molar-refractivity contribution < 1.29 is 4.42 Å². The Labute approximate surface area is 801 Å². The highest BCUT2D eigenvalue weighted by Crippen LogP contribution is 2.50. The van der Waals surface area contributed by atoms with Crippen LogP contribution in [0.1, 0.15) is 0 Å². The van der Waals surface area contributed by atoms with Crippen LogP contribution in [0.5, 0.6) is 0 Å². The Morgan fingerprint density at radius 3 is 1.09 bits per heavy atom. The molecule has 13 nitrogen and oxygen atoms in total. The standard InChI is InChI=1S/C61H36N6OS.C61H36N6S2/c1-4-18-37(19-5-1)41-24-10-11-26-43(41)54-57-55(46-28-14-17-31-52(46)69-57)63-60(62-54)40-32-34-49(47(36-40)61-65-58(38-20-6-2-7-21-38)64-59(66-61)39-22-8-3-9-23-39)67-48-29-15-12-25-42(48)44-33-35-51-53(56(44)67)45-27-13-16-30-50(45)68-51;1-4-17-37(18-5-1)40-23-16-24-41(35-40)54-57-55(46-27-12-15-30-51(46)69-57)63-60(62-54)42-31-33-49(47(36-42)61-65-58(38-19-6-2-7-20-38)64-59(66-61)39-21-8-3-9-22-39)67-48-28-13-10-25-43(48)44-32-34-52-53(56(44)67)45-26-11-14-29-50(45)68-52/h2*1-36H. The molecule has 0 aliphatic rings. The number of furan rings is 1. The fraction of sp³-hybridized carbons (Fsp3) is 0. The smallest absolute Gasteiger partial charge is 0.166 e. The predicted octanol–water partition coefficient (Wildman–Crippen LogP) is 32.5. The molecule has 0 unspecified atom stereocenters. The molecule has 10 aromatic heterocycles. The summed E-state index contributed by atoms with van der Waals surface area (Å²) in [6.07, 6.45) is 0. The van der Waals surface area contributed by atoms with Crippen LogP contribution in [-0.4, -0.2) is 59.0 Å². The van der Waals surface area contributed by atoms with Gasteiger partial charge in [-0.2, -0.15) is 0 Å². The molecular formula is C122H72N12OS3. The lowest BCUT2D eigenvalue weighted by Gasteiger charge is -2.17. The van der Waals surface area contributed by atoms with Crippen LogP contribution in [0, 0.1) is 0 Å². The summed E-state index contributed by atoms with van der Waals surface area (Å²) in [6, 6.07) is 152. The van der Waals surface area contributed by atoms with Gasteiger partial charge in [0.1, 0.15) is 11.2 Å². The number of nitrogens with zero attached hydrogens (tertiary/aromatic N) is 12. The lowest BCUT2D eigenvalue weighted by Crippen LogP contribution is -2.04. The van der Waals surface area contributed by atoms with Crippen LogP contribution < -0.4 is 0 Å². The van der Waals surface area contributed by atoms with E-state index < -0.39 is 0 Å². The monoisotopic (exact) mass is 1820 g/mol. The number of fused-ring (bicyclic) bond motifs is 20. The molecule has 28 rings (SSSR count). The predicted molar refractivity (Wildman–Crippen MR) is 571 cm³/mol. The Morgan fingerprint density at radius 2 is 0.565 bits per heavy atom. The molecule has 10 heterocycles. The van der Waals surface area contributed by atoms with Gasteiger partial charge in [-0.25, -0.2) is 49.8 Å². The molecule has 0 saturated carbocycles. The van der Waals surface area contributed by atoms with Crippen molar-refractivity contribution in [3.05, 3.63) is 437 Å². The van der Waals surface area contributed by atoms with Gasteiger partial charge < -0.3 is 13.6 Å². The molecule has 0 atom stereocenters. The summed E-state index contributed by atoms with van der Waals surface area (Å²) in [7, 11) is 0. The van der Waals surface area contributed by atoms with Crippen molar-refractivity contribution in [3.8, 4) is 147 Å². The molecule has 0 amide bonds. The summed E-state index contributed by atoms with van der Waals surface area (Å²) in [6.45, 7) is 0. The lowest BCUT2D eigenvalue weighted by molar-refractivity contribution is 0.669. The van der Waals surface area contributed by atoms with Crippen LogP contribution in [0.4, 0.5) is 0 Å². The van der Waals surface area contributed by atoms with Gasteiger partial charge in [0.05, 0.1) is 70.6 Å². The van der Waals surface area contributed by atoms with E-state index in [0.29, 0.717) is 46.6 Å². The highest BCUT2D eigenvalue weighted by atomic mass is 32.1. The minimum atomic E-state index is 0.520. The van der Waals surface area contributed by atoms with Gasteiger partial charge in [0, 0.05) is 123 Å². The number of benzene rings is 18. The Bertz CT molecular complexity index is 9630. The van der Waals surface area contributed by atoms with Gasteiger partial charge >= 0.3 is 0 Å². The van der Waals surface area contributed by atoms with E-state index in [0.717, 1.165) is 191 Å². The summed E-state index contributed by atoms with van der Waals surface area (Å²) >= 11 is 5.30. The second-order valence-electron chi connectivity index (χ2n) is 34.3. The lowest BCUT2D eigenvalue weighted by atomic mass is 9.97. The first-order valence-electron chi connectivity index (χ1n) is 45.8. The van der Waals surface area contributed by atoms with E-state index in [4.69, 9.17) is 54.3 Å². The van der Waals surface area contributed by atoms with Gasteiger partial charge in [-0.3, -0.25) is 0 Å². The molecular weight excluding hydrogens is 1750 g/mol. The number of para-hydroxylation sites is 3. The maximum Gasteiger partial charge on any atom is 0.166 e. The van der Waals surface area contributed by atoms with E-state index in [1.54, 1.807) is 22.7 Å². The quantitative estimate of drug-likeness (QED) is 0.102. The Morgan fingerprint density at radius 1 is 0.188 bits per heavy atom. The molecule has 0 spiro atoms. The maximum absolute atomic E-state index is 6.55. The third-order valence-corrected chi connectivity index (χ3v) is 29.6. The van der Waals surface area contributed by atoms with Crippen LogP contribution >= 0.6 is 34.0 Å². The van der Waals surface area contributed by atoms with Crippen LogP contribution in [0.2, 0.25) is 0 Å². The topological polar surface area (TPSA) is 152 Å². The third-order valence-electron chi connectivity index (χ3n) is 26.2. The fourth-order valence-corrected chi connectivity index (χ4v) is 23.2. The van der Waals surface area contributed by atoms with E-state index in [1.807, 2.05) is 121 Å². The number of aromatic nitrogens is 12. The molecule has 0 fully saturated rings. The third kappa shape index (κ3) is 13.6. The van der Waals surface area contributed by atoms with Gasteiger partial charge in [0.25, 0.3) is 0 Å². The number of thiophene rings is 3. The molecule has 18 aromatic carbocycles. The Hall–Kier alpha value is -17.8. The normalized spacial score (nSPS) is 11.8. The highest BCUT2D eigenvalue weighted by molar-refractivity contribution is 7.27. The molecule has 0 aliphatic heterocycles. The summed E-state index contributed by atoms with van der Waals surface area (Å²) in [4.78, 5) is 53.8. The van der Waals surface area contributed by atoms with Gasteiger partial charge in [0.15, 0.2) is 46.6 Å². The van der Waals surface area contributed by atoms with Crippen molar-refractivity contribution >= 4 is 160 Å². The van der Waals surface area contributed by atoms with Crippen molar-refractivity contribution in [2.24, 2.45) is 0 Å². The first-order chi connectivity index (χ1) is 68.4. The zero-order valence-electron chi connectivity index (χ0n) is 73.6. The van der Waals surface area contributed by atoms with Crippen LogP contribution in [0.15, 0.2) is 441 Å². The average molecular weight is 1820 g/mol. The summed E-state index contributed by atoms with van der Waals surface area (Å²) in [5.41, 5.74) is 24.9. The molecule has 644 valence electrons. The molecule has 0 aliphatic carbocycles. The van der Waals surface area contributed by atoms with Crippen molar-refractivity contribution in [2.75, 3.05) is 0 Å². The molecule has 0 N–H and O–H groups in total. The first-order valence-corrected chi connectivity index (χ1v) is 48.3. The van der Waals surface area contributed by atoms with Crippen molar-refractivity contribution in [1.82, 2.24) is 59.0 Å². The van der Waals surface area contributed by atoms with E-state index in [-0.39, 0.29) is 0 Å². The van der Waals surface area contributed by atoms with Crippen molar-refractivity contribution in [1.29, 1.82) is 0 Å². The SMILES string of the molecule is c1ccc(-c2cccc(-c3nc(-c4ccc(-n5c6ccccc6c6ccc7sc8ccccc8c7c65)c(-c5nc(-c6ccccc6)nc(-c6ccccc6)n5)c4)nc4c3sc3ccccc34)c2)cc1.c1ccc(-c2nc(-c3ccccc3)nc(-c3cc(-c4nc(-c5ccccc5-c5ccccc5)c5sc6ccccc6c5n4)ccc3-n3c4ccccc4c4ccc5oc6ccccc6c5c43)n2)cc1. The average Bonchev–Trinajstić information content (AvgIpc) is 1.43. The largest absolute Gasteiger partial charge is 0.456 e. The maximum atomic E-state index is 6.55. The summed E-state index contributed by atoms with van der Waals surface area (Å²) in [5, 5.41) is 11.3. The minimum Gasteiger partial charge on any atom is -0.456 e. The number of hydrogen-bond donors (Lipinski definition) is 0. The van der Waals surface area contributed by atoms with Gasteiger partial charge in [-0.05, 0) is 119 Å². The second-order valence-corrected chi connectivity index (χ2v) is 37.5. The van der Waals surface area contributed by atoms with Crippen LogP contribution in [-0.2, 0) is 0 Å². The number of hydrogen-bond acceptors (Lipinski definition) is 14. The Balaban J connectivity index is 0.000000139. The van der Waals surface area contributed by atoms with E-state index in [9.17, 15) is 0 Å². The summed E-state index contributed by atoms with van der Waals surface area (Å²) in [5.74, 6) is 4.61. The van der Waals surface area contributed by atoms with Gasteiger partial charge in [-0.15, -0.1) is 34.0 Å². The Kier molecular flexibility index (Phi) is 19.2. The fourth-order valence-electron chi connectivity index (χ4n) is 19.8. The van der Waals surface area contributed by atoms with Crippen molar-refractivity contribution in [2.45, 2.75) is 0 Å². The molecule has 16 heteroatoms. The molecule has 138 heavy (non-hydrogen) atoms. The zero-order chi connectivity index (χ0) is 90.8. The summed E-state index contributed by atoms with van der Waals surface area (Å²) < 4.78 is 18.2. The number of rotatable bonds is 14. The molecule has 0 radical (unpaired) electrons. The van der Waals surface area contributed by atoms with Crippen LogP contribution in [0.3, 0.4) is 0 Å². The highest BCUT2D eigenvalue weighted by Gasteiger charge is 2.30. The van der Waals surface area contributed by atoms with Gasteiger partial charge in [-0.1, -0.05) is 340 Å². The first kappa shape index (κ1) is 79.9. The molecule has 0 saturated heterocycles. The zero-order valence-corrected chi connectivity index (χ0v) is 76.0.